The van der Waals surface area contributed by atoms with Gasteiger partial charge in [0.15, 0.2) is 0 Å². The molecule has 1 saturated heterocycles. The Bertz CT molecular complexity index is 492. The summed E-state index contributed by atoms with van der Waals surface area (Å²) in [5.74, 6) is 0.229. The first-order chi connectivity index (χ1) is 9.41. The van der Waals surface area contributed by atoms with Crippen molar-refractivity contribution in [3.63, 3.8) is 0 Å². The number of carbonyl (C=O) groups is 1. The van der Waals surface area contributed by atoms with Crippen LogP contribution in [0, 0.1) is 13.8 Å². The van der Waals surface area contributed by atoms with Crippen molar-refractivity contribution < 1.29 is 4.79 Å². The third-order valence-electron chi connectivity index (χ3n) is 4.28. The maximum Gasteiger partial charge on any atom is 0.223 e. The molecule has 1 aromatic heterocycles. The molecule has 1 aromatic rings. The zero-order valence-corrected chi connectivity index (χ0v) is 13.0. The van der Waals surface area contributed by atoms with Crippen LogP contribution in [0.4, 0.5) is 0 Å². The standard InChI is InChI=1S/C15H26N4O/c1-10(16)7-8-14(20)19-9-5-6-13(19)15-11(2)17-18(4)12(15)3/h10,13H,5-9,16H2,1-4H3. The van der Waals surface area contributed by atoms with E-state index in [-0.39, 0.29) is 18.0 Å². The second-order valence-corrected chi connectivity index (χ2v) is 5.97. The summed E-state index contributed by atoms with van der Waals surface area (Å²) >= 11 is 0. The van der Waals surface area contributed by atoms with E-state index in [0.717, 1.165) is 31.5 Å². The average molecular weight is 278 g/mol. The smallest absolute Gasteiger partial charge is 0.223 e. The molecular formula is C15H26N4O. The van der Waals surface area contributed by atoms with Crippen molar-refractivity contribution in [1.82, 2.24) is 14.7 Å². The van der Waals surface area contributed by atoms with Crippen molar-refractivity contribution in [2.24, 2.45) is 12.8 Å². The normalized spacial score (nSPS) is 20.4. The molecule has 0 saturated carbocycles. The lowest BCUT2D eigenvalue weighted by Crippen LogP contribution is -2.32. The molecule has 2 heterocycles. The molecule has 1 fully saturated rings. The molecule has 0 bridgehead atoms. The first-order valence-electron chi connectivity index (χ1n) is 7.47. The van der Waals surface area contributed by atoms with Gasteiger partial charge in [-0.05, 0) is 40.0 Å². The van der Waals surface area contributed by atoms with Gasteiger partial charge in [-0.1, -0.05) is 0 Å². The fourth-order valence-corrected chi connectivity index (χ4v) is 3.13. The van der Waals surface area contributed by atoms with E-state index in [4.69, 9.17) is 5.73 Å². The van der Waals surface area contributed by atoms with E-state index >= 15 is 0 Å². The van der Waals surface area contributed by atoms with E-state index in [0.29, 0.717) is 6.42 Å². The molecule has 1 aliphatic heterocycles. The molecular weight excluding hydrogens is 252 g/mol. The van der Waals surface area contributed by atoms with Crippen LogP contribution in [0.1, 0.15) is 55.6 Å². The summed E-state index contributed by atoms with van der Waals surface area (Å²) in [5.41, 5.74) is 9.20. The van der Waals surface area contributed by atoms with Crippen molar-refractivity contribution in [2.45, 2.75) is 58.5 Å². The van der Waals surface area contributed by atoms with Crippen LogP contribution in [0.15, 0.2) is 0 Å². The lowest BCUT2D eigenvalue weighted by atomic mass is 10.0. The van der Waals surface area contributed by atoms with Gasteiger partial charge in [-0.2, -0.15) is 5.10 Å². The Morgan fingerprint density at radius 1 is 1.50 bits per heavy atom. The maximum atomic E-state index is 12.4. The summed E-state index contributed by atoms with van der Waals surface area (Å²) in [6, 6.07) is 0.283. The lowest BCUT2D eigenvalue weighted by molar-refractivity contribution is -0.132. The predicted molar refractivity (Wildman–Crippen MR) is 79.3 cm³/mol. The van der Waals surface area contributed by atoms with E-state index in [9.17, 15) is 4.79 Å². The van der Waals surface area contributed by atoms with Crippen LogP contribution in [-0.2, 0) is 11.8 Å². The summed E-state index contributed by atoms with van der Waals surface area (Å²) in [6.07, 6.45) is 3.42. The Hall–Kier alpha value is -1.36. The molecule has 0 radical (unpaired) electrons. The Morgan fingerprint density at radius 3 is 2.75 bits per heavy atom. The van der Waals surface area contributed by atoms with E-state index in [1.165, 1.54) is 11.3 Å². The second-order valence-electron chi connectivity index (χ2n) is 5.97. The molecule has 2 unspecified atom stereocenters. The number of hydrogen-bond acceptors (Lipinski definition) is 3. The van der Waals surface area contributed by atoms with E-state index in [1.54, 1.807) is 0 Å². The SMILES string of the molecule is Cc1nn(C)c(C)c1C1CCCN1C(=O)CCC(C)N. The number of likely N-dealkylation sites (tertiary alicyclic amines) is 1. The number of nitrogens with zero attached hydrogens (tertiary/aromatic N) is 3. The van der Waals surface area contributed by atoms with Crippen LogP contribution >= 0.6 is 0 Å². The molecule has 5 heteroatoms. The molecule has 2 N–H and O–H groups in total. The summed E-state index contributed by atoms with van der Waals surface area (Å²) in [7, 11) is 1.96. The molecule has 20 heavy (non-hydrogen) atoms. The van der Waals surface area contributed by atoms with Gasteiger partial charge in [0.1, 0.15) is 0 Å². The van der Waals surface area contributed by atoms with Crippen LogP contribution in [0.5, 0.6) is 0 Å². The second kappa shape index (κ2) is 5.95. The van der Waals surface area contributed by atoms with Gasteiger partial charge in [-0.15, -0.1) is 0 Å². The first kappa shape index (κ1) is 15.0. The van der Waals surface area contributed by atoms with Gasteiger partial charge in [-0.3, -0.25) is 9.48 Å². The lowest BCUT2D eigenvalue weighted by Gasteiger charge is -2.25. The van der Waals surface area contributed by atoms with Crippen molar-refractivity contribution >= 4 is 5.91 Å². The van der Waals surface area contributed by atoms with Gasteiger partial charge in [0.05, 0.1) is 11.7 Å². The van der Waals surface area contributed by atoms with Gasteiger partial charge in [0.25, 0.3) is 0 Å². The minimum absolute atomic E-state index is 0.0851. The highest BCUT2D eigenvalue weighted by atomic mass is 16.2. The number of nitrogens with two attached hydrogens (primary N) is 1. The fraction of sp³-hybridized carbons (Fsp3) is 0.733. The number of amides is 1. The van der Waals surface area contributed by atoms with Gasteiger partial charge < -0.3 is 10.6 Å². The maximum absolute atomic E-state index is 12.4. The Morgan fingerprint density at radius 2 is 2.20 bits per heavy atom. The molecule has 0 spiro atoms. The number of aromatic nitrogens is 2. The molecule has 0 aliphatic carbocycles. The van der Waals surface area contributed by atoms with E-state index in [1.807, 2.05) is 30.5 Å². The van der Waals surface area contributed by atoms with E-state index in [2.05, 4.69) is 12.0 Å². The Kier molecular flexibility index (Phi) is 4.48. The van der Waals surface area contributed by atoms with Crippen molar-refractivity contribution in [3.05, 3.63) is 17.0 Å². The predicted octanol–water partition coefficient (Wildman–Crippen LogP) is 1.83. The molecule has 112 valence electrons. The number of carbonyl (C=O) groups excluding carboxylic acids is 1. The highest BCUT2D eigenvalue weighted by Crippen LogP contribution is 2.35. The zero-order valence-electron chi connectivity index (χ0n) is 13.0. The van der Waals surface area contributed by atoms with Crippen molar-refractivity contribution in [2.75, 3.05) is 6.54 Å². The molecule has 5 nitrogen and oxygen atoms in total. The summed E-state index contributed by atoms with van der Waals surface area (Å²) in [6.45, 7) is 6.92. The largest absolute Gasteiger partial charge is 0.336 e. The van der Waals surface area contributed by atoms with Crippen molar-refractivity contribution in [1.29, 1.82) is 0 Å². The molecule has 1 aliphatic rings. The van der Waals surface area contributed by atoms with Crippen LogP contribution in [0.2, 0.25) is 0 Å². The van der Waals surface area contributed by atoms with Gasteiger partial charge >= 0.3 is 0 Å². The molecule has 2 atom stereocenters. The number of hydrogen-bond donors (Lipinski definition) is 1. The molecule has 2 rings (SSSR count). The Balaban J connectivity index is 2.16. The summed E-state index contributed by atoms with van der Waals surface area (Å²) < 4.78 is 1.91. The highest BCUT2D eigenvalue weighted by molar-refractivity contribution is 5.77. The van der Waals surface area contributed by atoms with Gasteiger partial charge in [0.2, 0.25) is 5.91 Å². The van der Waals surface area contributed by atoms with Crippen LogP contribution in [0.3, 0.4) is 0 Å². The summed E-state index contributed by atoms with van der Waals surface area (Å²) in [4.78, 5) is 14.4. The van der Waals surface area contributed by atoms with Crippen LogP contribution in [0.25, 0.3) is 0 Å². The van der Waals surface area contributed by atoms with Gasteiger partial charge in [-0.25, -0.2) is 0 Å². The third kappa shape index (κ3) is 2.87. The van der Waals surface area contributed by atoms with Gasteiger partial charge in [0, 0.05) is 37.3 Å². The molecule has 0 aromatic carbocycles. The first-order valence-corrected chi connectivity index (χ1v) is 7.47. The Labute approximate surface area is 121 Å². The topological polar surface area (TPSA) is 64.2 Å². The monoisotopic (exact) mass is 278 g/mol. The minimum Gasteiger partial charge on any atom is -0.336 e. The molecule has 1 amide bonds. The summed E-state index contributed by atoms with van der Waals surface area (Å²) in [5, 5.41) is 4.48. The van der Waals surface area contributed by atoms with Crippen LogP contribution in [-0.4, -0.2) is 33.2 Å². The van der Waals surface area contributed by atoms with E-state index < -0.39 is 0 Å². The zero-order chi connectivity index (χ0) is 14.9. The van der Waals surface area contributed by atoms with Crippen LogP contribution < -0.4 is 5.73 Å². The number of rotatable bonds is 4. The highest BCUT2D eigenvalue weighted by Gasteiger charge is 2.33. The quantitative estimate of drug-likeness (QED) is 0.914. The average Bonchev–Trinajstić information content (AvgIpc) is 2.93. The number of aryl methyl sites for hydroxylation is 2. The third-order valence-corrected chi connectivity index (χ3v) is 4.28. The van der Waals surface area contributed by atoms with Crippen molar-refractivity contribution in [3.8, 4) is 0 Å². The minimum atomic E-state index is 0.0851. The fourth-order valence-electron chi connectivity index (χ4n) is 3.13.